The van der Waals surface area contributed by atoms with Crippen LogP contribution in [0.3, 0.4) is 0 Å². The number of aromatic carboxylic acids is 1. The van der Waals surface area contributed by atoms with Crippen LogP contribution in [0.1, 0.15) is 45.5 Å². The summed E-state index contributed by atoms with van der Waals surface area (Å²) in [5, 5.41) is 23.7. The Kier molecular flexibility index (Phi) is 6.60. The van der Waals surface area contributed by atoms with Gasteiger partial charge in [-0.25, -0.2) is 9.78 Å². The number of hydrogen-bond acceptors (Lipinski definition) is 8. The van der Waals surface area contributed by atoms with Gasteiger partial charge in [0.1, 0.15) is 28.3 Å². The minimum Gasteiger partial charge on any atom is -0.478 e. The molecule has 1 aliphatic carbocycles. The van der Waals surface area contributed by atoms with E-state index in [2.05, 4.69) is 23.3 Å². The molecular weight excluding hydrogens is 464 g/mol. The number of methoxy groups -OCH3 is 1. The molecule has 1 amide bonds. The predicted octanol–water partition coefficient (Wildman–Crippen LogP) is 3.04. The second kappa shape index (κ2) is 9.43. The van der Waals surface area contributed by atoms with Gasteiger partial charge in [0.15, 0.2) is 0 Å². The lowest BCUT2D eigenvalue weighted by molar-refractivity contribution is -0.116. The smallest absolute Gasteiger partial charge is 0.337 e. The van der Waals surface area contributed by atoms with Gasteiger partial charge in [0, 0.05) is 23.8 Å². The van der Waals surface area contributed by atoms with Crippen molar-refractivity contribution in [2.45, 2.75) is 39.2 Å². The van der Waals surface area contributed by atoms with E-state index in [1.807, 2.05) is 0 Å². The molecule has 0 saturated heterocycles. The molecule has 1 unspecified atom stereocenters. The third kappa shape index (κ3) is 4.42. The Morgan fingerprint density at radius 1 is 1.45 bits per heavy atom. The number of rotatable bonds is 7. The van der Waals surface area contributed by atoms with Crippen LogP contribution in [0, 0.1) is 17.2 Å². The summed E-state index contributed by atoms with van der Waals surface area (Å²) in [4.78, 5) is 43.6. The van der Waals surface area contributed by atoms with Crippen LogP contribution in [-0.4, -0.2) is 40.3 Å². The van der Waals surface area contributed by atoms with Gasteiger partial charge >= 0.3 is 5.97 Å². The second-order valence-corrected chi connectivity index (χ2v) is 9.98. The van der Waals surface area contributed by atoms with E-state index in [-0.39, 0.29) is 30.5 Å². The normalized spacial score (nSPS) is 15.2. The maximum absolute atomic E-state index is 13.2. The van der Waals surface area contributed by atoms with E-state index in [0.29, 0.717) is 27.1 Å². The van der Waals surface area contributed by atoms with E-state index >= 15 is 0 Å². The standard InChI is InChI=1S/C22H22N4O5S2/c1-11-3-4-12-13(8-23)19(33-15(12)7-11)25-17(27)9-26-16(5-6-31-2)24-20-18(21(26)28)14(10-32-20)22(29)30/h10-11H,3-7,9H2,1-2H3,(H,25,27)(H,29,30). The van der Waals surface area contributed by atoms with Crippen molar-refractivity contribution < 1.29 is 19.4 Å². The maximum Gasteiger partial charge on any atom is 0.337 e. The number of aromatic nitrogens is 2. The number of nitriles is 1. The van der Waals surface area contributed by atoms with Crippen molar-refractivity contribution in [2.75, 3.05) is 19.0 Å². The zero-order chi connectivity index (χ0) is 23.7. The second-order valence-electron chi connectivity index (χ2n) is 8.01. The molecule has 172 valence electrons. The molecule has 1 atom stereocenters. The summed E-state index contributed by atoms with van der Waals surface area (Å²) < 4.78 is 6.29. The van der Waals surface area contributed by atoms with Gasteiger partial charge in [0.25, 0.3) is 5.56 Å². The molecule has 1 aliphatic rings. The first-order valence-electron chi connectivity index (χ1n) is 10.4. The molecule has 0 saturated carbocycles. The highest BCUT2D eigenvalue weighted by Crippen LogP contribution is 2.39. The first kappa shape index (κ1) is 23.1. The van der Waals surface area contributed by atoms with E-state index in [0.717, 1.165) is 41.0 Å². The van der Waals surface area contributed by atoms with Crippen LogP contribution in [0.15, 0.2) is 10.2 Å². The van der Waals surface area contributed by atoms with Crippen LogP contribution >= 0.6 is 22.7 Å². The van der Waals surface area contributed by atoms with Crippen LogP contribution in [0.2, 0.25) is 0 Å². The molecule has 0 fully saturated rings. The highest BCUT2D eigenvalue weighted by Gasteiger charge is 2.25. The molecule has 3 aromatic rings. The largest absolute Gasteiger partial charge is 0.478 e. The number of ether oxygens (including phenoxy) is 1. The summed E-state index contributed by atoms with van der Waals surface area (Å²) in [5.74, 6) is -0.840. The highest BCUT2D eigenvalue weighted by molar-refractivity contribution is 7.17. The SMILES string of the molecule is COCCc1nc2scc(C(=O)O)c2c(=O)n1CC(=O)Nc1sc2c(c1C#N)CCC(C)C2. The van der Waals surface area contributed by atoms with E-state index in [1.165, 1.54) is 28.4 Å². The van der Waals surface area contributed by atoms with Gasteiger partial charge in [-0.3, -0.25) is 14.2 Å². The Balaban J connectivity index is 1.68. The number of nitrogens with zero attached hydrogens (tertiary/aromatic N) is 3. The summed E-state index contributed by atoms with van der Waals surface area (Å²) in [5.41, 5.74) is 0.773. The van der Waals surface area contributed by atoms with Crippen LogP contribution in [0.5, 0.6) is 0 Å². The molecule has 3 aromatic heterocycles. The first-order chi connectivity index (χ1) is 15.8. The lowest BCUT2D eigenvalue weighted by Gasteiger charge is -2.17. The van der Waals surface area contributed by atoms with Crippen molar-refractivity contribution in [3.63, 3.8) is 0 Å². The van der Waals surface area contributed by atoms with Gasteiger partial charge in [-0.1, -0.05) is 6.92 Å². The minimum atomic E-state index is -1.22. The number of anilines is 1. The third-order valence-corrected chi connectivity index (χ3v) is 7.75. The quantitative estimate of drug-likeness (QED) is 0.524. The summed E-state index contributed by atoms with van der Waals surface area (Å²) in [7, 11) is 1.52. The number of carbonyl (C=O) groups excluding carboxylic acids is 1. The van der Waals surface area contributed by atoms with Crippen molar-refractivity contribution >= 4 is 49.8 Å². The Labute approximate surface area is 197 Å². The molecule has 0 aliphatic heterocycles. The number of nitrogens with one attached hydrogen (secondary N) is 1. The van der Waals surface area contributed by atoms with Crippen LogP contribution in [-0.2, 0) is 35.3 Å². The highest BCUT2D eigenvalue weighted by atomic mass is 32.1. The predicted molar refractivity (Wildman–Crippen MR) is 125 cm³/mol. The van der Waals surface area contributed by atoms with E-state index in [1.54, 1.807) is 0 Å². The Morgan fingerprint density at radius 3 is 2.94 bits per heavy atom. The summed E-state index contributed by atoms with van der Waals surface area (Å²) in [6.45, 7) is 2.10. The molecule has 33 heavy (non-hydrogen) atoms. The Bertz CT molecular complexity index is 1350. The topological polar surface area (TPSA) is 134 Å². The number of fused-ring (bicyclic) bond motifs is 2. The van der Waals surface area contributed by atoms with Gasteiger partial charge in [0.2, 0.25) is 5.91 Å². The number of thiophene rings is 2. The summed E-state index contributed by atoms with van der Waals surface area (Å²) in [6, 6.07) is 2.21. The number of hydrogen-bond donors (Lipinski definition) is 2. The molecule has 4 rings (SSSR count). The number of carboxylic acids is 1. The summed E-state index contributed by atoms with van der Waals surface area (Å²) >= 11 is 2.48. The fourth-order valence-electron chi connectivity index (χ4n) is 4.04. The van der Waals surface area contributed by atoms with Gasteiger partial charge in [0.05, 0.1) is 23.1 Å². The number of carboxylic acid groups (broad SMARTS) is 1. The van der Waals surface area contributed by atoms with Crippen molar-refractivity contribution in [3.8, 4) is 6.07 Å². The van der Waals surface area contributed by atoms with Crippen molar-refractivity contribution in [3.05, 3.63) is 43.1 Å². The van der Waals surface area contributed by atoms with Crippen LogP contribution in [0.4, 0.5) is 5.00 Å². The van der Waals surface area contributed by atoms with Crippen LogP contribution < -0.4 is 10.9 Å². The molecule has 3 heterocycles. The molecule has 0 spiro atoms. The lowest BCUT2D eigenvalue weighted by atomic mass is 9.89. The molecule has 0 aromatic carbocycles. The van der Waals surface area contributed by atoms with Crippen LogP contribution in [0.25, 0.3) is 10.2 Å². The van der Waals surface area contributed by atoms with Gasteiger partial charge in [-0.15, -0.1) is 22.7 Å². The fraction of sp³-hybridized carbons (Fsp3) is 0.409. The first-order valence-corrected chi connectivity index (χ1v) is 12.1. The van der Waals surface area contributed by atoms with Crippen molar-refractivity contribution in [2.24, 2.45) is 5.92 Å². The summed E-state index contributed by atoms with van der Waals surface area (Å²) in [6.07, 6.45) is 2.97. The average molecular weight is 487 g/mol. The van der Waals surface area contributed by atoms with E-state index in [4.69, 9.17) is 4.74 Å². The van der Waals surface area contributed by atoms with Crippen molar-refractivity contribution in [1.29, 1.82) is 5.26 Å². The van der Waals surface area contributed by atoms with Gasteiger partial charge < -0.3 is 15.2 Å². The molecular formula is C22H22N4O5S2. The Hall–Kier alpha value is -3.07. The molecule has 11 heteroatoms. The maximum atomic E-state index is 13.2. The van der Waals surface area contributed by atoms with Crippen molar-refractivity contribution in [1.82, 2.24) is 9.55 Å². The average Bonchev–Trinajstić information content (AvgIpc) is 3.35. The fourth-order valence-corrected chi connectivity index (χ4v) is 6.34. The molecule has 0 radical (unpaired) electrons. The Morgan fingerprint density at radius 2 is 2.24 bits per heavy atom. The monoisotopic (exact) mass is 486 g/mol. The molecule has 2 N–H and O–H groups in total. The lowest BCUT2D eigenvalue weighted by Crippen LogP contribution is -2.32. The zero-order valence-electron chi connectivity index (χ0n) is 18.1. The van der Waals surface area contributed by atoms with E-state index < -0.39 is 17.4 Å². The zero-order valence-corrected chi connectivity index (χ0v) is 19.8. The van der Waals surface area contributed by atoms with Gasteiger partial charge in [-0.2, -0.15) is 5.26 Å². The number of amides is 1. The number of carbonyl (C=O) groups is 2. The van der Waals surface area contributed by atoms with E-state index in [9.17, 15) is 24.8 Å². The third-order valence-electron chi connectivity index (χ3n) is 5.71. The molecule has 9 nitrogen and oxygen atoms in total. The minimum absolute atomic E-state index is 0.0141. The molecule has 0 bridgehead atoms. The van der Waals surface area contributed by atoms with Gasteiger partial charge in [-0.05, 0) is 30.7 Å².